The highest BCUT2D eigenvalue weighted by molar-refractivity contribution is 4.78. The second kappa shape index (κ2) is 8.03. The highest BCUT2D eigenvalue weighted by Crippen LogP contribution is 2.12. The van der Waals surface area contributed by atoms with E-state index in [9.17, 15) is 0 Å². The molecule has 2 N–H and O–H groups in total. The molecule has 0 radical (unpaired) electrons. The van der Waals surface area contributed by atoms with E-state index in [2.05, 4.69) is 23.6 Å². The van der Waals surface area contributed by atoms with Crippen LogP contribution in [0.15, 0.2) is 0 Å². The van der Waals surface area contributed by atoms with Crippen molar-refractivity contribution in [2.24, 2.45) is 5.73 Å². The van der Waals surface area contributed by atoms with Gasteiger partial charge in [-0.05, 0) is 26.3 Å². The third-order valence-corrected chi connectivity index (χ3v) is 3.81. The van der Waals surface area contributed by atoms with Crippen molar-refractivity contribution in [3.63, 3.8) is 0 Å². The Morgan fingerprint density at radius 1 is 1.24 bits per heavy atom. The number of nitrogens with zero attached hydrogens (tertiary/aromatic N) is 2. The molecule has 1 saturated heterocycles. The average molecular weight is 243 g/mol. The van der Waals surface area contributed by atoms with Crippen molar-refractivity contribution in [1.82, 2.24) is 9.80 Å². The minimum absolute atomic E-state index is 0.340. The zero-order valence-electron chi connectivity index (χ0n) is 11.7. The van der Waals surface area contributed by atoms with Crippen molar-refractivity contribution >= 4 is 0 Å². The van der Waals surface area contributed by atoms with Gasteiger partial charge in [-0.15, -0.1) is 0 Å². The van der Waals surface area contributed by atoms with Crippen LogP contribution in [-0.4, -0.2) is 68.3 Å². The second-order valence-electron chi connectivity index (χ2n) is 5.02. The van der Waals surface area contributed by atoms with Gasteiger partial charge < -0.3 is 10.5 Å². The number of rotatable bonds is 7. The van der Waals surface area contributed by atoms with Crippen molar-refractivity contribution in [3.05, 3.63) is 0 Å². The van der Waals surface area contributed by atoms with Crippen LogP contribution in [0.1, 0.15) is 26.7 Å². The Bertz CT molecular complexity index is 193. The Morgan fingerprint density at radius 2 is 1.88 bits per heavy atom. The molecule has 0 spiro atoms. The standard InChI is InChI=1S/C13H29N3O/c1-4-13(5-6-14)16-9-7-15(8-10-16)11-12(2)17-3/h12-13H,4-11,14H2,1-3H3. The van der Waals surface area contributed by atoms with E-state index in [0.717, 1.165) is 32.6 Å². The van der Waals surface area contributed by atoms with Gasteiger partial charge in [-0.3, -0.25) is 9.80 Å². The predicted octanol–water partition coefficient (Wildman–Crippen LogP) is 0.766. The third-order valence-electron chi connectivity index (χ3n) is 3.81. The molecular weight excluding hydrogens is 214 g/mol. The fourth-order valence-corrected chi connectivity index (χ4v) is 2.59. The first kappa shape index (κ1) is 14.9. The third kappa shape index (κ3) is 4.92. The Morgan fingerprint density at radius 3 is 2.35 bits per heavy atom. The molecule has 102 valence electrons. The molecule has 0 aliphatic carbocycles. The summed E-state index contributed by atoms with van der Waals surface area (Å²) in [5.74, 6) is 0. The van der Waals surface area contributed by atoms with E-state index in [1.807, 2.05) is 0 Å². The van der Waals surface area contributed by atoms with Gasteiger partial charge >= 0.3 is 0 Å². The van der Waals surface area contributed by atoms with Crippen LogP contribution in [0.4, 0.5) is 0 Å². The van der Waals surface area contributed by atoms with Crippen LogP contribution in [0.5, 0.6) is 0 Å². The summed E-state index contributed by atoms with van der Waals surface area (Å²) in [6, 6.07) is 0.682. The molecule has 0 aromatic heterocycles. The van der Waals surface area contributed by atoms with Crippen molar-refractivity contribution in [2.75, 3.05) is 46.4 Å². The summed E-state index contributed by atoms with van der Waals surface area (Å²) in [5.41, 5.74) is 5.67. The lowest BCUT2D eigenvalue weighted by Crippen LogP contribution is -2.51. The lowest BCUT2D eigenvalue weighted by molar-refractivity contribution is 0.0401. The molecule has 0 aromatic rings. The maximum Gasteiger partial charge on any atom is 0.0670 e. The molecule has 0 saturated carbocycles. The van der Waals surface area contributed by atoms with Gasteiger partial charge in [0.05, 0.1) is 6.10 Å². The minimum atomic E-state index is 0.340. The van der Waals surface area contributed by atoms with E-state index in [4.69, 9.17) is 10.5 Å². The molecule has 0 bridgehead atoms. The van der Waals surface area contributed by atoms with E-state index in [0.29, 0.717) is 12.1 Å². The Labute approximate surface area is 106 Å². The van der Waals surface area contributed by atoms with E-state index in [1.165, 1.54) is 19.5 Å². The van der Waals surface area contributed by atoms with E-state index in [1.54, 1.807) is 7.11 Å². The molecular formula is C13H29N3O. The highest BCUT2D eigenvalue weighted by atomic mass is 16.5. The first-order valence-corrected chi connectivity index (χ1v) is 6.90. The lowest BCUT2D eigenvalue weighted by Gasteiger charge is -2.39. The topological polar surface area (TPSA) is 41.7 Å². The van der Waals surface area contributed by atoms with Crippen molar-refractivity contribution in [3.8, 4) is 0 Å². The fourth-order valence-electron chi connectivity index (χ4n) is 2.59. The molecule has 0 aromatic carbocycles. The zero-order valence-corrected chi connectivity index (χ0v) is 11.7. The van der Waals surface area contributed by atoms with E-state index < -0.39 is 0 Å². The fraction of sp³-hybridized carbons (Fsp3) is 1.00. The molecule has 4 nitrogen and oxygen atoms in total. The van der Waals surface area contributed by atoms with E-state index >= 15 is 0 Å². The summed E-state index contributed by atoms with van der Waals surface area (Å²) in [5, 5.41) is 0. The van der Waals surface area contributed by atoms with E-state index in [-0.39, 0.29) is 0 Å². The second-order valence-corrected chi connectivity index (χ2v) is 5.02. The molecule has 2 unspecified atom stereocenters. The number of nitrogens with two attached hydrogens (primary N) is 1. The summed E-state index contributed by atoms with van der Waals surface area (Å²) < 4.78 is 5.32. The van der Waals surface area contributed by atoms with Gasteiger partial charge in [0.25, 0.3) is 0 Å². The number of methoxy groups -OCH3 is 1. The van der Waals surface area contributed by atoms with Crippen LogP contribution in [0.25, 0.3) is 0 Å². The molecule has 1 rings (SSSR count). The number of ether oxygens (including phenoxy) is 1. The van der Waals surface area contributed by atoms with Gasteiger partial charge in [-0.25, -0.2) is 0 Å². The summed E-state index contributed by atoms with van der Waals surface area (Å²) in [6.45, 7) is 10.9. The monoisotopic (exact) mass is 243 g/mol. The molecule has 1 aliphatic heterocycles. The number of piperazine rings is 1. The van der Waals surface area contributed by atoms with Gasteiger partial charge in [0.2, 0.25) is 0 Å². The normalized spacial score (nSPS) is 22.6. The quantitative estimate of drug-likeness (QED) is 0.717. The average Bonchev–Trinajstić information content (AvgIpc) is 2.37. The molecule has 17 heavy (non-hydrogen) atoms. The Balaban J connectivity index is 2.29. The maximum atomic E-state index is 5.67. The molecule has 0 amide bonds. The predicted molar refractivity (Wildman–Crippen MR) is 72.2 cm³/mol. The molecule has 2 atom stereocenters. The highest BCUT2D eigenvalue weighted by Gasteiger charge is 2.22. The molecule has 1 aliphatic rings. The summed E-state index contributed by atoms with van der Waals surface area (Å²) in [4.78, 5) is 5.10. The zero-order chi connectivity index (χ0) is 12.7. The van der Waals surface area contributed by atoms with Gasteiger partial charge in [-0.1, -0.05) is 6.92 Å². The van der Waals surface area contributed by atoms with Crippen molar-refractivity contribution in [1.29, 1.82) is 0 Å². The summed E-state index contributed by atoms with van der Waals surface area (Å²) in [7, 11) is 1.79. The molecule has 1 fully saturated rings. The Hall–Kier alpha value is -0.160. The van der Waals surface area contributed by atoms with Crippen LogP contribution >= 0.6 is 0 Å². The van der Waals surface area contributed by atoms with Gasteiger partial charge in [0.1, 0.15) is 0 Å². The van der Waals surface area contributed by atoms with Crippen LogP contribution in [0.3, 0.4) is 0 Å². The van der Waals surface area contributed by atoms with Crippen LogP contribution in [0, 0.1) is 0 Å². The SMILES string of the molecule is CCC(CCN)N1CCN(CC(C)OC)CC1. The van der Waals surface area contributed by atoms with Gasteiger partial charge in [-0.2, -0.15) is 0 Å². The van der Waals surface area contributed by atoms with Crippen LogP contribution < -0.4 is 5.73 Å². The van der Waals surface area contributed by atoms with Gasteiger partial charge in [0.15, 0.2) is 0 Å². The maximum absolute atomic E-state index is 5.67. The number of hydrogen-bond acceptors (Lipinski definition) is 4. The van der Waals surface area contributed by atoms with Crippen LogP contribution in [0.2, 0.25) is 0 Å². The summed E-state index contributed by atoms with van der Waals surface area (Å²) in [6.07, 6.45) is 2.68. The smallest absolute Gasteiger partial charge is 0.0670 e. The van der Waals surface area contributed by atoms with Crippen molar-refractivity contribution in [2.45, 2.75) is 38.8 Å². The molecule has 4 heteroatoms. The van der Waals surface area contributed by atoms with Gasteiger partial charge in [0, 0.05) is 45.9 Å². The largest absolute Gasteiger partial charge is 0.380 e. The minimum Gasteiger partial charge on any atom is -0.380 e. The lowest BCUT2D eigenvalue weighted by atomic mass is 10.1. The summed E-state index contributed by atoms with van der Waals surface area (Å²) >= 11 is 0. The Kier molecular flexibility index (Phi) is 7.04. The number of hydrogen-bond donors (Lipinski definition) is 1. The molecule has 1 heterocycles. The van der Waals surface area contributed by atoms with Crippen molar-refractivity contribution < 1.29 is 4.74 Å². The first-order chi connectivity index (χ1) is 8.21. The van der Waals surface area contributed by atoms with Crippen LogP contribution in [-0.2, 0) is 4.74 Å². The first-order valence-electron chi connectivity index (χ1n) is 6.90.